The summed E-state index contributed by atoms with van der Waals surface area (Å²) in [4.78, 5) is 26.0. The smallest absolute Gasteiger partial charge is 0.413 e. The lowest BCUT2D eigenvalue weighted by Crippen LogP contribution is -2.31. The number of hydrogen-bond donors (Lipinski definition) is 1. The highest BCUT2D eigenvalue weighted by molar-refractivity contribution is 5.90. The van der Waals surface area contributed by atoms with Crippen LogP contribution in [-0.2, 0) is 6.42 Å². The van der Waals surface area contributed by atoms with Crippen LogP contribution in [0.1, 0.15) is 56.3 Å². The second kappa shape index (κ2) is 8.84. The molecule has 162 valence electrons. The minimum Gasteiger partial charge on any atom is -0.497 e. The Balaban J connectivity index is 1.68. The summed E-state index contributed by atoms with van der Waals surface area (Å²) >= 11 is 0. The topological polar surface area (TPSA) is 69.6 Å². The fraction of sp³-hybridized carbons (Fsp3) is 0.360. The Hall–Kier alpha value is -3.28. The summed E-state index contributed by atoms with van der Waals surface area (Å²) in [6.45, 7) is 4.09. The van der Waals surface area contributed by atoms with Crippen LogP contribution in [0, 0.1) is 0 Å². The highest BCUT2D eigenvalue weighted by Crippen LogP contribution is 2.32. The van der Waals surface area contributed by atoms with Crippen molar-refractivity contribution in [3.05, 3.63) is 70.1 Å². The number of rotatable bonds is 6. The molecule has 0 bridgehead atoms. The maximum atomic E-state index is 13.2. The Bertz CT molecular complexity index is 1160. The van der Waals surface area contributed by atoms with E-state index in [2.05, 4.69) is 11.4 Å². The van der Waals surface area contributed by atoms with Gasteiger partial charge >= 0.3 is 6.09 Å². The van der Waals surface area contributed by atoms with Crippen LogP contribution in [0.15, 0.2) is 53.5 Å². The average molecular weight is 421 g/mol. The van der Waals surface area contributed by atoms with Crippen molar-refractivity contribution in [2.24, 2.45) is 0 Å². The number of nitrogens with zero attached hydrogens (tertiary/aromatic N) is 1. The van der Waals surface area contributed by atoms with Gasteiger partial charge in [-0.1, -0.05) is 38.1 Å². The molecule has 4 rings (SSSR count). The Morgan fingerprint density at radius 2 is 1.94 bits per heavy atom. The molecule has 1 atom stereocenters. The Kier molecular flexibility index (Phi) is 5.98. The third-order valence-corrected chi connectivity index (χ3v) is 6.18. The highest BCUT2D eigenvalue weighted by atomic mass is 16.6. The van der Waals surface area contributed by atoms with Gasteiger partial charge in [-0.2, -0.15) is 0 Å². The maximum absolute atomic E-state index is 13.2. The van der Waals surface area contributed by atoms with E-state index in [0.717, 1.165) is 31.2 Å². The summed E-state index contributed by atoms with van der Waals surface area (Å²) in [6, 6.07) is 13.3. The molecule has 1 aromatic heterocycles. The molecule has 31 heavy (non-hydrogen) atoms. The molecule has 0 saturated heterocycles. The van der Waals surface area contributed by atoms with Gasteiger partial charge in [-0.05, 0) is 55.0 Å². The Labute approximate surface area is 181 Å². The van der Waals surface area contributed by atoms with Gasteiger partial charge in [0.25, 0.3) is 5.56 Å². The predicted molar refractivity (Wildman–Crippen MR) is 121 cm³/mol. The average Bonchev–Trinajstić information content (AvgIpc) is 3.19. The van der Waals surface area contributed by atoms with Gasteiger partial charge in [0.1, 0.15) is 5.75 Å². The van der Waals surface area contributed by atoms with Crippen LogP contribution in [-0.4, -0.2) is 17.8 Å². The van der Waals surface area contributed by atoms with E-state index in [1.807, 2.05) is 32.0 Å². The molecule has 0 saturated carbocycles. The van der Waals surface area contributed by atoms with Gasteiger partial charge < -0.3 is 19.4 Å². The number of methoxy groups -OCH3 is 1. The molecule has 1 aliphatic carbocycles. The summed E-state index contributed by atoms with van der Waals surface area (Å²) in [5.74, 6) is 0.956. The number of carbonyl (C=O) groups excluding carboxylic acids is 1. The van der Waals surface area contributed by atoms with E-state index in [1.54, 1.807) is 36.1 Å². The SMILES string of the molecule is CCC(CC)n1cc(OC(=O)NC2CCc3ccccc32)c2ccc(OC)cc2c1=O. The first kappa shape index (κ1) is 21.0. The molecule has 3 aromatic rings. The normalized spacial score (nSPS) is 15.2. The lowest BCUT2D eigenvalue weighted by Gasteiger charge is -2.20. The minimum absolute atomic E-state index is 0.0234. The number of fused-ring (bicyclic) bond motifs is 2. The van der Waals surface area contributed by atoms with E-state index in [-0.39, 0.29) is 17.6 Å². The molecule has 1 aliphatic rings. The lowest BCUT2D eigenvalue weighted by atomic mass is 10.1. The van der Waals surface area contributed by atoms with Crippen LogP contribution in [0.3, 0.4) is 0 Å². The third kappa shape index (κ3) is 4.02. The zero-order chi connectivity index (χ0) is 22.0. The van der Waals surface area contributed by atoms with E-state index in [0.29, 0.717) is 22.3 Å². The van der Waals surface area contributed by atoms with Crippen molar-refractivity contribution in [2.75, 3.05) is 7.11 Å². The molecule has 1 amide bonds. The summed E-state index contributed by atoms with van der Waals surface area (Å²) < 4.78 is 12.7. The maximum Gasteiger partial charge on any atom is 0.413 e. The predicted octanol–water partition coefficient (Wildman–Crippen LogP) is 5.15. The molecular weight excluding hydrogens is 392 g/mol. The second-order valence-corrected chi connectivity index (χ2v) is 7.91. The van der Waals surface area contributed by atoms with E-state index in [4.69, 9.17) is 9.47 Å². The van der Waals surface area contributed by atoms with Crippen LogP contribution in [0.25, 0.3) is 10.8 Å². The van der Waals surface area contributed by atoms with Crippen molar-refractivity contribution >= 4 is 16.9 Å². The number of benzene rings is 2. The quantitative estimate of drug-likeness (QED) is 0.599. The minimum atomic E-state index is -0.520. The van der Waals surface area contributed by atoms with Crippen LogP contribution in [0.5, 0.6) is 11.5 Å². The molecule has 1 unspecified atom stereocenters. The van der Waals surface area contributed by atoms with Gasteiger partial charge in [-0.3, -0.25) is 4.79 Å². The zero-order valence-electron chi connectivity index (χ0n) is 18.2. The van der Waals surface area contributed by atoms with E-state index in [1.165, 1.54) is 5.56 Å². The molecule has 0 spiro atoms. The standard InChI is InChI=1S/C25H28N2O4/c1-4-17(5-2)27-15-23(20-12-11-18(30-3)14-21(20)24(27)28)31-25(29)26-22-13-10-16-8-6-7-9-19(16)22/h6-9,11-12,14-15,17,22H,4-5,10,13H2,1-3H3,(H,26,29). The summed E-state index contributed by atoms with van der Waals surface area (Å²) in [7, 11) is 1.56. The number of hydrogen-bond acceptors (Lipinski definition) is 4. The fourth-order valence-corrected chi connectivity index (χ4v) is 4.45. The largest absolute Gasteiger partial charge is 0.497 e. The third-order valence-electron chi connectivity index (χ3n) is 6.18. The molecule has 0 fully saturated rings. The number of aryl methyl sites for hydroxylation is 1. The first-order valence-corrected chi connectivity index (χ1v) is 10.8. The number of carbonyl (C=O) groups is 1. The van der Waals surface area contributed by atoms with Crippen molar-refractivity contribution in [1.82, 2.24) is 9.88 Å². The first-order chi connectivity index (χ1) is 15.0. The molecule has 0 aliphatic heterocycles. The lowest BCUT2D eigenvalue weighted by molar-refractivity contribution is 0.196. The molecular formula is C25H28N2O4. The molecule has 0 radical (unpaired) electrons. The molecule has 2 aromatic carbocycles. The number of pyridine rings is 1. The summed E-state index contributed by atoms with van der Waals surface area (Å²) in [5, 5.41) is 4.06. The van der Waals surface area contributed by atoms with E-state index < -0.39 is 6.09 Å². The van der Waals surface area contributed by atoms with Crippen molar-refractivity contribution in [2.45, 2.75) is 51.6 Å². The molecule has 6 nitrogen and oxygen atoms in total. The van der Waals surface area contributed by atoms with E-state index in [9.17, 15) is 9.59 Å². The molecule has 1 heterocycles. The van der Waals surface area contributed by atoms with Crippen molar-refractivity contribution in [3.8, 4) is 11.5 Å². The van der Waals surface area contributed by atoms with Crippen LogP contribution < -0.4 is 20.3 Å². The van der Waals surface area contributed by atoms with Gasteiger partial charge in [0.15, 0.2) is 5.75 Å². The highest BCUT2D eigenvalue weighted by Gasteiger charge is 2.25. The summed E-state index contributed by atoms with van der Waals surface area (Å²) in [6.07, 6.45) is 4.53. The van der Waals surface area contributed by atoms with Crippen LogP contribution in [0.4, 0.5) is 4.79 Å². The number of amides is 1. The number of nitrogens with one attached hydrogen (secondary N) is 1. The van der Waals surface area contributed by atoms with Gasteiger partial charge in [-0.25, -0.2) is 4.79 Å². The number of aromatic nitrogens is 1. The second-order valence-electron chi connectivity index (χ2n) is 7.91. The van der Waals surface area contributed by atoms with Gasteiger partial charge in [0, 0.05) is 11.4 Å². The van der Waals surface area contributed by atoms with Crippen LogP contribution in [0.2, 0.25) is 0 Å². The monoisotopic (exact) mass is 420 g/mol. The zero-order valence-corrected chi connectivity index (χ0v) is 18.2. The van der Waals surface area contributed by atoms with Crippen molar-refractivity contribution in [1.29, 1.82) is 0 Å². The van der Waals surface area contributed by atoms with Crippen molar-refractivity contribution < 1.29 is 14.3 Å². The molecule has 6 heteroatoms. The van der Waals surface area contributed by atoms with Crippen molar-refractivity contribution in [3.63, 3.8) is 0 Å². The van der Waals surface area contributed by atoms with Crippen LogP contribution >= 0.6 is 0 Å². The Morgan fingerprint density at radius 3 is 2.68 bits per heavy atom. The first-order valence-electron chi connectivity index (χ1n) is 10.8. The van der Waals surface area contributed by atoms with Gasteiger partial charge in [0.2, 0.25) is 0 Å². The van der Waals surface area contributed by atoms with Gasteiger partial charge in [0.05, 0.1) is 24.7 Å². The summed E-state index contributed by atoms with van der Waals surface area (Å²) in [5.41, 5.74) is 2.28. The fourth-order valence-electron chi connectivity index (χ4n) is 4.45. The molecule has 1 N–H and O–H groups in total. The van der Waals surface area contributed by atoms with E-state index >= 15 is 0 Å². The Morgan fingerprint density at radius 1 is 1.16 bits per heavy atom. The van der Waals surface area contributed by atoms with Gasteiger partial charge in [-0.15, -0.1) is 0 Å². The number of ether oxygens (including phenoxy) is 2.